The number of hydrogen-bond acceptors (Lipinski definition) is 5. The Labute approximate surface area is 99.9 Å². The molecule has 0 fully saturated rings. The van der Waals surface area contributed by atoms with Gasteiger partial charge in [0.1, 0.15) is 5.56 Å². The monoisotopic (exact) mass is 239 g/mol. The molecule has 6 heteroatoms. The number of hydrogen-bond donors (Lipinski definition) is 1. The summed E-state index contributed by atoms with van der Waals surface area (Å²) in [5.74, 6) is -0.474. The Bertz CT molecular complexity index is 430. The Morgan fingerprint density at radius 1 is 1.65 bits per heavy atom. The van der Waals surface area contributed by atoms with Crippen LogP contribution < -0.4 is 0 Å². The average Bonchev–Trinajstić information content (AvgIpc) is 2.62. The average molecular weight is 239 g/mol. The number of ether oxygens (including phenoxy) is 1. The molecule has 1 aromatic rings. The summed E-state index contributed by atoms with van der Waals surface area (Å²) in [5.41, 5.74) is 0.402. The number of esters is 1. The summed E-state index contributed by atoms with van der Waals surface area (Å²) in [6, 6.07) is 0. The van der Waals surface area contributed by atoms with Crippen LogP contribution in [0.5, 0.6) is 0 Å². The van der Waals surface area contributed by atoms with Crippen molar-refractivity contribution >= 4 is 12.2 Å². The highest BCUT2D eigenvalue weighted by molar-refractivity contribution is 5.98. The SMILES string of the molecule is CCOC(=O)c1cnn(C(C)(C)C)c1/C=N/O. The summed E-state index contributed by atoms with van der Waals surface area (Å²) < 4.78 is 6.52. The first-order valence-electron chi connectivity index (χ1n) is 5.34. The van der Waals surface area contributed by atoms with Crippen molar-refractivity contribution in [2.24, 2.45) is 5.16 Å². The van der Waals surface area contributed by atoms with Crippen LogP contribution in [-0.2, 0) is 10.3 Å². The van der Waals surface area contributed by atoms with E-state index in [0.29, 0.717) is 11.3 Å². The van der Waals surface area contributed by atoms with Crippen molar-refractivity contribution in [3.05, 3.63) is 17.5 Å². The normalized spacial score (nSPS) is 12.0. The van der Waals surface area contributed by atoms with Crippen LogP contribution in [0.2, 0.25) is 0 Å². The molecule has 0 bridgehead atoms. The predicted molar refractivity (Wildman–Crippen MR) is 62.6 cm³/mol. The van der Waals surface area contributed by atoms with Gasteiger partial charge in [-0.3, -0.25) is 4.68 Å². The van der Waals surface area contributed by atoms with Gasteiger partial charge in [0.05, 0.1) is 30.3 Å². The first-order valence-corrected chi connectivity index (χ1v) is 5.34. The second-order valence-electron chi connectivity index (χ2n) is 4.49. The van der Waals surface area contributed by atoms with Crippen LogP contribution in [0.3, 0.4) is 0 Å². The van der Waals surface area contributed by atoms with Crippen LogP contribution in [0, 0.1) is 0 Å². The van der Waals surface area contributed by atoms with Gasteiger partial charge in [-0.2, -0.15) is 5.10 Å². The highest BCUT2D eigenvalue weighted by atomic mass is 16.5. The first-order chi connectivity index (χ1) is 7.91. The van der Waals surface area contributed by atoms with Crippen LogP contribution in [0.15, 0.2) is 11.4 Å². The van der Waals surface area contributed by atoms with E-state index in [-0.39, 0.29) is 12.1 Å². The maximum Gasteiger partial charge on any atom is 0.342 e. The van der Waals surface area contributed by atoms with E-state index in [4.69, 9.17) is 9.94 Å². The minimum absolute atomic E-state index is 0.287. The summed E-state index contributed by atoms with van der Waals surface area (Å²) in [5, 5.41) is 15.7. The molecule has 0 unspecified atom stereocenters. The van der Waals surface area contributed by atoms with Gasteiger partial charge in [-0.15, -0.1) is 0 Å². The van der Waals surface area contributed by atoms with Crippen molar-refractivity contribution in [2.75, 3.05) is 6.61 Å². The molecule has 6 nitrogen and oxygen atoms in total. The lowest BCUT2D eigenvalue weighted by Gasteiger charge is -2.21. The maximum atomic E-state index is 11.7. The summed E-state index contributed by atoms with van der Waals surface area (Å²) in [6.45, 7) is 7.82. The van der Waals surface area contributed by atoms with E-state index < -0.39 is 5.97 Å². The number of aromatic nitrogens is 2. The topological polar surface area (TPSA) is 76.7 Å². The van der Waals surface area contributed by atoms with Crippen LogP contribution in [-0.4, -0.2) is 33.8 Å². The van der Waals surface area contributed by atoms with Gasteiger partial charge in [-0.25, -0.2) is 4.79 Å². The van der Waals surface area contributed by atoms with Gasteiger partial charge in [-0.1, -0.05) is 5.16 Å². The minimum Gasteiger partial charge on any atom is -0.462 e. The van der Waals surface area contributed by atoms with Crippen LogP contribution >= 0.6 is 0 Å². The van der Waals surface area contributed by atoms with Gasteiger partial charge >= 0.3 is 5.97 Å². The first kappa shape index (κ1) is 13.2. The van der Waals surface area contributed by atoms with Crippen LogP contribution in [0.1, 0.15) is 43.7 Å². The third-order valence-electron chi connectivity index (χ3n) is 2.12. The molecule has 1 rings (SSSR count). The number of carbonyl (C=O) groups is 1. The Balaban J connectivity index is 3.25. The molecular formula is C11H17N3O3. The molecule has 17 heavy (non-hydrogen) atoms. The second kappa shape index (κ2) is 4.99. The predicted octanol–water partition coefficient (Wildman–Crippen LogP) is 1.62. The number of nitrogens with zero attached hydrogens (tertiary/aromatic N) is 3. The number of rotatable bonds is 3. The zero-order chi connectivity index (χ0) is 13.1. The molecule has 0 saturated carbocycles. The standard InChI is InChI=1S/C11H17N3O3/c1-5-17-10(15)8-6-12-14(11(2,3)4)9(8)7-13-16/h6-7,16H,5H2,1-4H3/b13-7+. The Kier molecular flexibility index (Phi) is 3.88. The number of oxime groups is 1. The van der Waals surface area contributed by atoms with E-state index in [9.17, 15) is 4.79 Å². The van der Waals surface area contributed by atoms with Gasteiger partial charge in [-0.05, 0) is 27.7 Å². The van der Waals surface area contributed by atoms with Gasteiger partial charge < -0.3 is 9.94 Å². The molecule has 94 valence electrons. The zero-order valence-corrected chi connectivity index (χ0v) is 10.5. The van der Waals surface area contributed by atoms with E-state index in [1.807, 2.05) is 20.8 Å². The molecule has 0 atom stereocenters. The molecule has 0 aliphatic heterocycles. The molecule has 0 aliphatic rings. The van der Waals surface area contributed by atoms with Crippen molar-refractivity contribution in [1.29, 1.82) is 0 Å². The quantitative estimate of drug-likeness (QED) is 0.376. The lowest BCUT2D eigenvalue weighted by atomic mass is 10.1. The third kappa shape index (κ3) is 2.83. The van der Waals surface area contributed by atoms with Crippen molar-refractivity contribution in [3.8, 4) is 0 Å². The molecular weight excluding hydrogens is 222 g/mol. The van der Waals surface area contributed by atoms with Crippen molar-refractivity contribution in [3.63, 3.8) is 0 Å². The molecule has 1 heterocycles. The maximum absolute atomic E-state index is 11.7. The highest BCUT2D eigenvalue weighted by Crippen LogP contribution is 2.18. The fourth-order valence-corrected chi connectivity index (χ4v) is 1.44. The zero-order valence-electron chi connectivity index (χ0n) is 10.5. The molecule has 0 amide bonds. The van der Waals surface area contributed by atoms with Crippen LogP contribution in [0.25, 0.3) is 0 Å². The Morgan fingerprint density at radius 3 is 2.76 bits per heavy atom. The van der Waals surface area contributed by atoms with E-state index in [2.05, 4.69) is 10.3 Å². The van der Waals surface area contributed by atoms with E-state index in [0.717, 1.165) is 0 Å². The molecule has 0 spiro atoms. The Morgan fingerprint density at radius 2 is 2.29 bits per heavy atom. The van der Waals surface area contributed by atoms with E-state index in [1.54, 1.807) is 11.6 Å². The van der Waals surface area contributed by atoms with Gasteiger partial charge in [0.2, 0.25) is 0 Å². The summed E-state index contributed by atoms with van der Waals surface area (Å²) in [4.78, 5) is 11.7. The molecule has 1 N–H and O–H groups in total. The largest absolute Gasteiger partial charge is 0.462 e. The molecule has 0 aromatic carbocycles. The van der Waals surface area contributed by atoms with Gasteiger partial charge in [0.25, 0.3) is 0 Å². The Hall–Kier alpha value is -1.85. The summed E-state index contributed by atoms with van der Waals surface area (Å²) in [7, 11) is 0. The second-order valence-corrected chi connectivity index (χ2v) is 4.49. The fraction of sp³-hybridized carbons (Fsp3) is 0.545. The fourth-order valence-electron chi connectivity index (χ4n) is 1.44. The van der Waals surface area contributed by atoms with Crippen LogP contribution in [0.4, 0.5) is 0 Å². The van der Waals surface area contributed by atoms with Gasteiger partial charge in [0.15, 0.2) is 0 Å². The highest BCUT2D eigenvalue weighted by Gasteiger charge is 2.23. The van der Waals surface area contributed by atoms with Crippen molar-refractivity contribution < 1.29 is 14.7 Å². The van der Waals surface area contributed by atoms with Crippen molar-refractivity contribution in [1.82, 2.24) is 9.78 Å². The molecule has 1 aromatic heterocycles. The molecule has 0 radical (unpaired) electrons. The lowest BCUT2D eigenvalue weighted by Crippen LogP contribution is -2.26. The van der Waals surface area contributed by atoms with Crippen molar-refractivity contribution in [2.45, 2.75) is 33.2 Å². The molecule has 0 aliphatic carbocycles. The smallest absolute Gasteiger partial charge is 0.342 e. The van der Waals surface area contributed by atoms with E-state index >= 15 is 0 Å². The van der Waals surface area contributed by atoms with E-state index in [1.165, 1.54) is 12.4 Å². The lowest BCUT2D eigenvalue weighted by molar-refractivity contribution is 0.0526. The summed E-state index contributed by atoms with van der Waals surface area (Å²) >= 11 is 0. The summed E-state index contributed by atoms with van der Waals surface area (Å²) in [6.07, 6.45) is 2.60. The van der Waals surface area contributed by atoms with Gasteiger partial charge in [0, 0.05) is 0 Å². The third-order valence-corrected chi connectivity index (χ3v) is 2.12. The number of carbonyl (C=O) groups excluding carboxylic acids is 1. The minimum atomic E-state index is -0.474. The molecule has 0 saturated heterocycles.